The van der Waals surface area contributed by atoms with Crippen molar-refractivity contribution in [3.63, 3.8) is 0 Å². The molecule has 0 aliphatic carbocycles. The molecule has 0 radical (unpaired) electrons. The van der Waals surface area contributed by atoms with Crippen molar-refractivity contribution in [3.05, 3.63) is 112 Å². The summed E-state index contributed by atoms with van der Waals surface area (Å²) in [6, 6.07) is 25.6. The molecule has 4 aromatic rings. The van der Waals surface area contributed by atoms with Gasteiger partial charge in [0.25, 0.3) is 5.91 Å². The van der Waals surface area contributed by atoms with Crippen LogP contribution in [-0.2, 0) is 4.79 Å². The lowest BCUT2D eigenvalue weighted by molar-refractivity contribution is -0.113. The van der Waals surface area contributed by atoms with E-state index >= 15 is 0 Å². The number of carbonyl (C=O) groups excluding carboxylic acids is 1. The Hall–Kier alpha value is -3.70. The van der Waals surface area contributed by atoms with Gasteiger partial charge in [0, 0.05) is 22.8 Å². The normalized spacial score (nSPS) is 14.7. The number of fused-ring (bicyclic) bond motifs is 1. The lowest BCUT2D eigenvalue weighted by Gasteiger charge is -2.21. The van der Waals surface area contributed by atoms with Crippen LogP contribution >= 0.6 is 15.9 Å². The minimum atomic E-state index is -0.0675. The van der Waals surface area contributed by atoms with E-state index in [4.69, 9.17) is 4.74 Å². The zero-order valence-corrected chi connectivity index (χ0v) is 19.6. The number of rotatable bonds is 5. The number of nitrogens with zero attached hydrogens (tertiary/aromatic N) is 2. The Morgan fingerprint density at radius 2 is 1.85 bits per heavy atom. The zero-order chi connectivity index (χ0) is 22.8. The molecule has 33 heavy (non-hydrogen) atoms. The Kier molecular flexibility index (Phi) is 5.80. The van der Waals surface area contributed by atoms with Crippen molar-refractivity contribution in [3.8, 4) is 5.75 Å². The van der Waals surface area contributed by atoms with Crippen LogP contribution in [0.3, 0.4) is 0 Å². The van der Waals surface area contributed by atoms with Crippen molar-refractivity contribution >= 4 is 50.2 Å². The van der Waals surface area contributed by atoms with Gasteiger partial charge in [0.05, 0.1) is 22.3 Å². The standard InChI is InChI=1S/C28H21BrN2O2/c1-2-33-27-13-10-19(16-24(27)29)15-22-18-26(20-7-4-3-5-8-20)31(28(22)32)23-11-12-25-21(17-23)9-6-14-30-25/h3-18H,2H2,1H3/b22-15+. The minimum absolute atomic E-state index is 0.0675. The molecule has 5 rings (SSSR count). The van der Waals surface area contributed by atoms with Gasteiger partial charge < -0.3 is 4.74 Å². The number of hydrogen-bond donors (Lipinski definition) is 0. The molecule has 0 N–H and O–H groups in total. The summed E-state index contributed by atoms with van der Waals surface area (Å²) in [4.78, 5) is 19.8. The third-order valence-corrected chi connectivity index (χ3v) is 6.10. The lowest BCUT2D eigenvalue weighted by atomic mass is 10.1. The molecule has 1 amide bonds. The van der Waals surface area contributed by atoms with Crippen molar-refractivity contribution in [2.75, 3.05) is 11.5 Å². The molecule has 0 unspecified atom stereocenters. The van der Waals surface area contributed by atoms with Gasteiger partial charge in [-0.15, -0.1) is 0 Å². The van der Waals surface area contributed by atoms with Crippen LogP contribution in [0.15, 0.2) is 101 Å². The first-order chi connectivity index (χ1) is 16.1. The van der Waals surface area contributed by atoms with Crippen molar-refractivity contribution in [2.24, 2.45) is 0 Å². The summed E-state index contributed by atoms with van der Waals surface area (Å²) in [7, 11) is 0. The van der Waals surface area contributed by atoms with Crippen LogP contribution in [-0.4, -0.2) is 17.5 Å². The molecule has 0 spiro atoms. The highest BCUT2D eigenvalue weighted by Gasteiger charge is 2.30. The molecule has 1 aliphatic heterocycles. The number of benzene rings is 3. The predicted molar refractivity (Wildman–Crippen MR) is 137 cm³/mol. The van der Waals surface area contributed by atoms with Crippen LogP contribution < -0.4 is 9.64 Å². The van der Waals surface area contributed by atoms with Crippen molar-refractivity contribution in [1.29, 1.82) is 0 Å². The molecule has 5 heteroatoms. The smallest absolute Gasteiger partial charge is 0.262 e. The molecule has 4 nitrogen and oxygen atoms in total. The van der Waals surface area contributed by atoms with E-state index in [2.05, 4.69) is 20.9 Å². The van der Waals surface area contributed by atoms with E-state index in [1.165, 1.54) is 0 Å². The number of pyridine rings is 1. The molecule has 1 aliphatic rings. The van der Waals surface area contributed by atoms with Gasteiger partial charge in [-0.2, -0.15) is 0 Å². The molecule has 2 heterocycles. The van der Waals surface area contributed by atoms with E-state index in [0.717, 1.165) is 43.6 Å². The van der Waals surface area contributed by atoms with Gasteiger partial charge in [-0.25, -0.2) is 0 Å². The highest BCUT2D eigenvalue weighted by atomic mass is 79.9. The molecule has 0 saturated heterocycles. The van der Waals surface area contributed by atoms with Gasteiger partial charge in [-0.3, -0.25) is 14.7 Å². The van der Waals surface area contributed by atoms with E-state index in [-0.39, 0.29) is 5.91 Å². The van der Waals surface area contributed by atoms with Crippen molar-refractivity contribution in [2.45, 2.75) is 6.92 Å². The van der Waals surface area contributed by atoms with Gasteiger partial charge in [-0.1, -0.05) is 42.5 Å². The Morgan fingerprint density at radius 1 is 1.00 bits per heavy atom. The third kappa shape index (κ3) is 4.20. The highest BCUT2D eigenvalue weighted by Crippen LogP contribution is 2.36. The molecule has 0 atom stereocenters. The molecule has 0 saturated carbocycles. The zero-order valence-electron chi connectivity index (χ0n) is 18.0. The quantitative estimate of drug-likeness (QED) is 0.283. The Bertz CT molecular complexity index is 1410. The monoisotopic (exact) mass is 496 g/mol. The van der Waals surface area contributed by atoms with Crippen LogP contribution in [0.1, 0.15) is 18.1 Å². The van der Waals surface area contributed by atoms with E-state index in [9.17, 15) is 4.79 Å². The summed E-state index contributed by atoms with van der Waals surface area (Å²) in [6.45, 7) is 2.55. The summed E-state index contributed by atoms with van der Waals surface area (Å²) < 4.78 is 6.46. The SMILES string of the molecule is CCOc1ccc(/C=C2\C=C(c3ccccc3)N(c3ccc4ncccc4c3)C2=O)cc1Br. The van der Waals surface area contributed by atoms with Crippen LogP contribution in [0.2, 0.25) is 0 Å². The molecule has 162 valence electrons. The summed E-state index contributed by atoms with van der Waals surface area (Å²) in [5.41, 5.74) is 5.08. The van der Waals surface area contributed by atoms with Crippen LogP contribution in [0, 0.1) is 0 Å². The maximum atomic E-state index is 13.6. The maximum Gasteiger partial charge on any atom is 0.262 e. The second kappa shape index (κ2) is 9.04. The van der Waals surface area contributed by atoms with Crippen LogP contribution in [0.5, 0.6) is 5.75 Å². The Balaban J connectivity index is 1.59. The second-order valence-electron chi connectivity index (χ2n) is 7.64. The number of ether oxygens (including phenoxy) is 1. The average molecular weight is 497 g/mol. The fourth-order valence-corrected chi connectivity index (χ4v) is 4.47. The first kappa shape index (κ1) is 21.2. The summed E-state index contributed by atoms with van der Waals surface area (Å²) in [6.07, 6.45) is 5.64. The Labute approximate surface area is 201 Å². The molecule has 0 fully saturated rings. The molecule has 3 aromatic carbocycles. The van der Waals surface area contributed by atoms with Gasteiger partial charge >= 0.3 is 0 Å². The Morgan fingerprint density at radius 3 is 2.64 bits per heavy atom. The van der Waals surface area contributed by atoms with Crippen molar-refractivity contribution in [1.82, 2.24) is 4.98 Å². The van der Waals surface area contributed by atoms with E-state index < -0.39 is 0 Å². The maximum absolute atomic E-state index is 13.6. The van der Waals surface area contributed by atoms with Crippen LogP contribution in [0.25, 0.3) is 22.7 Å². The van der Waals surface area contributed by atoms with Crippen molar-refractivity contribution < 1.29 is 9.53 Å². The predicted octanol–water partition coefficient (Wildman–Crippen LogP) is 6.87. The summed E-state index contributed by atoms with van der Waals surface area (Å²) >= 11 is 3.56. The second-order valence-corrected chi connectivity index (χ2v) is 8.49. The topological polar surface area (TPSA) is 42.4 Å². The first-order valence-corrected chi connectivity index (χ1v) is 11.5. The molecule has 1 aromatic heterocycles. The number of amides is 1. The number of aromatic nitrogens is 1. The molecule has 0 bridgehead atoms. The van der Waals surface area contributed by atoms with E-state index in [1.54, 1.807) is 11.1 Å². The average Bonchev–Trinajstić information content (AvgIpc) is 3.17. The fourth-order valence-electron chi connectivity index (χ4n) is 3.95. The third-order valence-electron chi connectivity index (χ3n) is 5.48. The summed E-state index contributed by atoms with van der Waals surface area (Å²) in [5, 5.41) is 0.989. The first-order valence-electron chi connectivity index (χ1n) is 10.7. The van der Waals surface area contributed by atoms with Crippen LogP contribution in [0.4, 0.5) is 5.69 Å². The molecular weight excluding hydrogens is 476 g/mol. The number of anilines is 1. The summed E-state index contributed by atoms with van der Waals surface area (Å²) in [5.74, 6) is 0.714. The van der Waals surface area contributed by atoms with Gasteiger partial charge in [0.1, 0.15) is 5.75 Å². The minimum Gasteiger partial charge on any atom is -0.493 e. The van der Waals surface area contributed by atoms with E-state index in [0.29, 0.717) is 12.2 Å². The largest absolute Gasteiger partial charge is 0.493 e. The van der Waals surface area contributed by atoms with E-state index in [1.807, 2.05) is 97.9 Å². The number of carbonyl (C=O) groups is 1. The number of hydrogen-bond acceptors (Lipinski definition) is 3. The molecular formula is C28H21BrN2O2. The number of halogens is 1. The lowest BCUT2D eigenvalue weighted by Crippen LogP contribution is -2.24. The van der Waals surface area contributed by atoms with Gasteiger partial charge in [0.2, 0.25) is 0 Å². The fraction of sp³-hybridized carbons (Fsp3) is 0.0714. The van der Waals surface area contributed by atoms with Gasteiger partial charge in [0.15, 0.2) is 0 Å². The highest BCUT2D eigenvalue weighted by molar-refractivity contribution is 9.10. The van der Waals surface area contributed by atoms with Gasteiger partial charge in [-0.05, 0) is 82.5 Å².